The Labute approximate surface area is 172 Å². The molecular weight excluding hydrogens is 376 g/mol. The van der Waals surface area contributed by atoms with Gasteiger partial charge in [-0.25, -0.2) is 0 Å². The molecule has 0 spiro atoms. The second-order valence-corrected chi connectivity index (χ2v) is 7.14. The Balaban J connectivity index is 1.97. The van der Waals surface area contributed by atoms with Gasteiger partial charge >= 0.3 is 5.97 Å². The van der Waals surface area contributed by atoms with Crippen LogP contribution in [0.3, 0.4) is 0 Å². The molecule has 0 atom stereocenters. The number of halogens is 1. The lowest BCUT2D eigenvalue weighted by molar-refractivity contribution is -0.134. The van der Waals surface area contributed by atoms with Crippen molar-refractivity contribution in [2.75, 3.05) is 13.2 Å². The van der Waals surface area contributed by atoms with Gasteiger partial charge in [-0.2, -0.15) is 0 Å². The van der Waals surface area contributed by atoms with E-state index in [0.29, 0.717) is 36.2 Å². The third-order valence-corrected chi connectivity index (χ3v) is 4.92. The minimum Gasteiger partial charge on any atom is -0.490 e. The Bertz CT molecular complexity index is 778. The highest BCUT2D eigenvalue weighted by molar-refractivity contribution is 6.32. The van der Waals surface area contributed by atoms with Crippen LogP contribution in [0.25, 0.3) is 0 Å². The Hall–Kier alpha value is -2.20. The standard InChI is InChI=1S/C23H29ClO4/c1-5-7-12-27-20-10-8-18(15-21(20)26-6-2)9-11-22(25)28-19-13-16(3)23(24)17(4)14-19/h8,10,13-15H,5-7,9,11-12H2,1-4H3. The fraction of sp³-hybridized carbons (Fsp3) is 0.435. The van der Waals surface area contributed by atoms with Gasteiger partial charge in [-0.05, 0) is 74.6 Å². The topological polar surface area (TPSA) is 44.8 Å². The van der Waals surface area contributed by atoms with Crippen molar-refractivity contribution in [2.24, 2.45) is 0 Å². The maximum atomic E-state index is 12.2. The summed E-state index contributed by atoms with van der Waals surface area (Å²) in [6, 6.07) is 9.38. The van der Waals surface area contributed by atoms with Gasteiger partial charge in [-0.1, -0.05) is 31.0 Å². The molecule has 2 aromatic carbocycles. The first-order valence-electron chi connectivity index (χ1n) is 9.80. The van der Waals surface area contributed by atoms with E-state index >= 15 is 0 Å². The normalized spacial score (nSPS) is 10.6. The zero-order valence-electron chi connectivity index (χ0n) is 17.1. The highest BCUT2D eigenvalue weighted by Crippen LogP contribution is 2.30. The van der Waals surface area contributed by atoms with Crippen molar-refractivity contribution in [3.05, 3.63) is 52.0 Å². The number of ether oxygens (including phenoxy) is 3. The molecule has 0 aliphatic carbocycles. The number of benzene rings is 2. The molecule has 0 heterocycles. The van der Waals surface area contributed by atoms with Crippen molar-refractivity contribution in [3.63, 3.8) is 0 Å². The number of esters is 1. The summed E-state index contributed by atoms with van der Waals surface area (Å²) >= 11 is 6.16. The molecule has 0 radical (unpaired) electrons. The highest BCUT2D eigenvalue weighted by Gasteiger charge is 2.11. The van der Waals surface area contributed by atoms with Crippen LogP contribution in [0.4, 0.5) is 0 Å². The molecule has 2 aromatic rings. The largest absolute Gasteiger partial charge is 0.490 e. The molecule has 0 aliphatic rings. The average Bonchev–Trinajstić information content (AvgIpc) is 2.66. The molecule has 0 bridgehead atoms. The van der Waals surface area contributed by atoms with E-state index in [1.807, 2.05) is 39.0 Å². The van der Waals surface area contributed by atoms with Crippen molar-refractivity contribution in [1.82, 2.24) is 0 Å². The van der Waals surface area contributed by atoms with Crippen LogP contribution in [0.5, 0.6) is 17.2 Å². The first-order chi connectivity index (χ1) is 13.4. The molecule has 0 aliphatic heterocycles. The number of hydrogen-bond acceptors (Lipinski definition) is 4. The number of rotatable bonds is 10. The van der Waals surface area contributed by atoms with Crippen LogP contribution in [-0.2, 0) is 11.2 Å². The van der Waals surface area contributed by atoms with Crippen molar-refractivity contribution in [3.8, 4) is 17.2 Å². The summed E-state index contributed by atoms with van der Waals surface area (Å²) in [5.41, 5.74) is 2.79. The van der Waals surface area contributed by atoms with Gasteiger partial charge in [0.15, 0.2) is 11.5 Å². The van der Waals surface area contributed by atoms with E-state index in [1.165, 1.54) is 0 Å². The number of carbonyl (C=O) groups is 1. The van der Waals surface area contributed by atoms with Crippen molar-refractivity contribution in [2.45, 2.75) is 53.4 Å². The summed E-state index contributed by atoms with van der Waals surface area (Å²) in [4.78, 5) is 12.2. The van der Waals surface area contributed by atoms with E-state index in [-0.39, 0.29) is 12.4 Å². The summed E-state index contributed by atoms with van der Waals surface area (Å²) in [7, 11) is 0. The maximum absolute atomic E-state index is 12.2. The molecule has 0 saturated heterocycles. The Morgan fingerprint density at radius 1 is 1.00 bits per heavy atom. The number of unbranched alkanes of at least 4 members (excludes halogenated alkanes) is 1. The summed E-state index contributed by atoms with van der Waals surface area (Å²) < 4.78 is 17.0. The number of carbonyl (C=O) groups excluding carboxylic acids is 1. The molecule has 5 heteroatoms. The second-order valence-electron chi connectivity index (χ2n) is 6.76. The van der Waals surface area contributed by atoms with Gasteiger partial charge in [0.1, 0.15) is 5.75 Å². The lowest BCUT2D eigenvalue weighted by Gasteiger charge is -2.13. The van der Waals surface area contributed by atoms with Crippen LogP contribution in [0.1, 0.15) is 49.8 Å². The molecule has 0 amide bonds. The van der Waals surface area contributed by atoms with Gasteiger partial charge in [0.05, 0.1) is 13.2 Å². The van der Waals surface area contributed by atoms with E-state index < -0.39 is 0 Å². The Kier molecular flexibility index (Phi) is 8.65. The maximum Gasteiger partial charge on any atom is 0.311 e. The minimum atomic E-state index is -0.276. The number of aryl methyl sites for hydroxylation is 3. The van der Waals surface area contributed by atoms with Gasteiger partial charge in [0, 0.05) is 11.4 Å². The lowest BCUT2D eigenvalue weighted by atomic mass is 10.1. The molecule has 4 nitrogen and oxygen atoms in total. The van der Waals surface area contributed by atoms with Crippen molar-refractivity contribution < 1.29 is 19.0 Å². The summed E-state index contributed by atoms with van der Waals surface area (Å²) in [6.45, 7) is 9.09. The molecular formula is C23H29ClO4. The van der Waals surface area contributed by atoms with Crippen LogP contribution in [0.2, 0.25) is 5.02 Å². The first kappa shape index (κ1) is 22.1. The molecule has 2 rings (SSSR count). The second kappa shape index (κ2) is 11.0. The van der Waals surface area contributed by atoms with E-state index in [2.05, 4.69) is 6.92 Å². The monoisotopic (exact) mass is 404 g/mol. The molecule has 152 valence electrons. The lowest BCUT2D eigenvalue weighted by Crippen LogP contribution is -2.09. The SMILES string of the molecule is CCCCOc1ccc(CCC(=O)Oc2cc(C)c(Cl)c(C)c2)cc1OCC. The Morgan fingerprint density at radius 2 is 1.71 bits per heavy atom. The fourth-order valence-corrected chi connectivity index (χ4v) is 2.93. The van der Waals surface area contributed by atoms with Gasteiger partial charge in [-0.15, -0.1) is 0 Å². The highest BCUT2D eigenvalue weighted by atomic mass is 35.5. The molecule has 0 N–H and O–H groups in total. The third kappa shape index (κ3) is 6.45. The molecule has 0 aromatic heterocycles. The van der Waals surface area contributed by atoms with Crippen LogP contribution in [0, 0.1) is 13.8 Å². The van der Waals surface area contributed by atoms with Gasteiger partial charge in [-0.3, -0.25) is 4.79 Å². The fourth-order valence-electron chi connectivity index (χ4n) is 2.82. The molecule has 0 fully saturated rings. The van der Waals surface area contributed by atoms with E-state index in [0.717, 1.165) is 35.3 Å². The number of hydrogen-bond donors (Lipinski definition) is 0. The zero-order chi connectivity index (χ0) is 20.5. The summed E-state index contributed by atoms with van der Waals surface area (Å²) in [5, 5.41) is 0.699. The summed E-state index contributed by atoms with van der Waals surface area (Å²) in [5.74, 6) is 1.71. The van der Waals surface area contributed by atoms with E-state index in [1.54, 1.807) is 12.1 Å². The summed E-state index contributed by atoms with van der Waals surface area (Å²) in [6.07, 6.45) is 2.93. The third-order valence-electron chi connectivity index (χ3n) is 4.32. The molecule has 28 heavy (non-hydrogen) atoms. The quantitative estimate of drug-likeness (QED) is 0.274. The van der Waals surface area contributed by atoms with Crippen molar-refractivity contribution in [1.29, 1.82) is 0 Å². The van der Waals surface area contributed by atoms with Crippen LogP contribution in [-0.4, -0.2) is 19.2 Å². The van der Waals surface area contributed by atoms with Crippen LogP contribution < -0.4 is 14.2 Å². The van der Waals surface area contributed by atoms with Gasteiger partial charge in [0.2, 0.25) is 0 Å². The van der Waals surface area contributed by atoms with Crippen LogP contribution in [0.15, 0.2) is 30.3 Å². The van der Waals surface area contributed by atoms with E-state index in [9.17, 15) is 4.79 Å². The predicted molar refractivity (Wildman–Crippen MR) is 113 cm³/mol. The molecule has 0 unspecified atom stereocenters. The zero-order valence-corrected chi connectivity index (χ0v) is 17.9. The smallest absolute Gasteiger partial charge is 0.311 e. The minimum absolute atomic E-state index is 0.276. The Morgan fingerprint density at radius 3 is 2.36 bits per heavy atom. The van der Waals surface area contributed by atoms with E-state index in [4.69, 9.17) is 25.8 Å². The van der Waals surface area contributed by atoms with Gasteiger partial charge < -0.3 is 14.2 Å². The molecule has 0 saturated carbocycles. The average molecular weight is 405 g/mol. The predicted octanol–water partition coefficient (Wildman–Crippen LogP) is 6.07. The van der Waals surface area contributed by atoms with Gasteiger partial charge in [0.25, 0.3) is 0 Å². The van der Waals surface area contributed by atoms with Crippen LogP contribution >= 0.6 is 11.6 Å². The van der Waals surface area contributed by atoms with Crippen molar-refractivity contribution >= 4 is 17.6 Å². The first-order valence-corrected chi connectivity index (χ1v) is 10.2.